The molecule has 7 heteroatoms. The van der Waals surface area contributed by atoms with Gasteiger partial charge in [-0.25, -0.2) is 0 Å². The minimum absolute atomic E-state index is 0.0554. The molecule has 0 saturated carbocycles. The third-order valence-electron chi connectivity index (χ3n) is 3.07. The summed E-state index contributed by atoms with van der Waals surface area (Å²) >= 11 is 0.976. The maximum Gasteiger partial charge on any atom is 0.308 e. The number of rotatable bonds is 2. The summed E-state index contributed by atoms with van der Waals surface area (Å²) in [5, 5.41) is 8.99. The van der Waals surface area contributed by atoms with Gasteiger partial charge in [0.2, 0.25) is 0 Å². The van der Waals surface area contributed by atoms with Crippen molar-refractivity contribution in [3.8, 4) is 0 Å². The maximum absolute atomic E-state index is 12.1. The molecule has 17 heavy (non-hydrogen) atoms. The van der Waals surface area contributed by atoms with E-state index in [9.17, 15) is 9.59 Å². The largest absolute Gasteiger partial charge is 0.481 e. The first-order chi connectivity index (χ1) is 8.09. The standard InChI is InChI=1S/C10H13N3O3S/c1-6-2-3-7(10(15)16)5-13(6)9(14)8-4-11-17-12-8/h4,6-7H,2-3,5H2,1H3,(H,15,16). The van der Waals surface area contributed by atoms with Gasteiger partial charge in [-0.3, -0.25) is 9.59 Å². The van der Waals surface area contributed by atoms with Gasteiger partial charge in [0.25, 0.3) is 5.91 Å². The molecule has 2 rings (SSSR count). The highest BCUT2D eigenvalue weighted by Crippen LogP contribution is 2.23. The zero-order chi connectivity index (χ0) is 12.4. The molecule has 0 spiro atoms. The molecule has 1 amide bonds. The van der Waals surface area contributed by atoms with Crippen LogP contribution >= 0.6 is 11.7 Å². The smallest absolute Gasteiger partial charge is 0.308 e. The molecule has 2 heterocycles. The molecular weight excluding hydrogens is 242 g/mol. The Morgan fingerprint density at radius 2 is 2.29 bits per heavy atom. The number of carbonyl (C=O) groups is 2. The van der Waals surface area contributed by atoms with E-state index in [1.165, 1.54) is 6.20 Å². The average Bonchev–Trinajstić information content (AvgIpc) is 2.81. The van der Waals surface area contributed by atoms with Gasteiger partial charge in [0.15, 0.2) is 5.69 Å². The van der Waals surface area contributed by atoms with Gasteiger partial charge in [-0.2, -0.15) is 8.75 Å². The van der Waals surface area contributed by atoms with Gasteiger partial charge in [0, 0.05) is 12.6 Å². The number of likely N-dealkylation sites (tertiary alicyclic amines) is 1. The number of nitrogens with zero attached hydrogens (tertiary/aromatic N) is 3. The van der Waals surface area contributed by atoms with E-state index in [-0.39, 0.29) is 18.5 Å². The predicted octanol–water partition coefficient (Wildman–Crippen LogP) is 0.863. The normalized spacial score (nSPS) is 24.6. The molecule has 1 aromatic rings. The number of hydrogen-bond donors (Lipinski definition) is 1. The molecule has 2 atom stereocenters. The fourth-order valence-electron chi connectivity index (χ4n) is 2.00. The van der Waals surface area contributed by atoms with E-state index < -0.39 is 11.9 Å². The van der Waals surface area contributed by atoms with E-state index in [0.29, 0.717) is 18.5 Å². The minimum Gasteiger partial charge on any atom is -0.481 e. The van der Waals surface area contributed by atoms with Crippen molar-refractivity contribution < 1.29 is 14.7 Å². The van der Waals surface area contributed by atoms with Crippen LogP contribution in [0, 0.1) is 5.92 Å². The van der Waals surface area contributed by atoms with Crippen molar-refractivity contribution in [1.82, 2.24) is 13.6 Å². The average molecular weight is 255 g/mol. The number of amides is 1. The van der Waals surface area contributed by atoms with Crippen LogP contribution in [0.15, 0.2) is 6.20 Å². The number of carbonyl (C=O) groups excluding carboxylic acids is 1. The highest BCUT2D eigenvalue weighted by Gasteiger charge is 2.33. The quantitative estimate of drug-likeness (QED) is 0.847. The second-order valence-electron chi connectivity index (χ2n) is 4.21. The Labute approximate surface area is 103 Å². The molecule has 1 aromatic heterocycles. The van der Waals surface area contributed by atoms with Gasteiger partial charge >= 0.3 is 5.97 Å². The number of piperidine rings is 1. The summed E-state index contributed by atoms with van der Waals surface area (Å²) in [6.45, 7) is 2.18. The van der Waals surface area contributed by atoms with Crippen molar-refractivity contribution in [2.75, 3.05) is 6.54 Å². The third kappa shape index (κ3) is 2.44. The highest BCUT2D eigenvalue weighted by atomic mass is 32.1. The van der Waals surface area contributed by atoms with Crippen LogP contribution in [-0.2, 0) is 4.79 Å². The van der Waals surface area contributed by atoms with Crippen LogP contribution in [0.25, 0.3) is 0 Å². The molecule has 1 fully saturated rings. The van der Waals surface area contributed by atoms with Crippen molar-refractivity contribution in [1.29, 1.82) is 0 Å². The first kappa shape index (κ1) is 12.0. The Morgan fingerprint density at radius 3 is 2.88 bits per heavy atom. The van der Waals surface area contributed by atoms with Crippen LogP contribution in [0.2, 0.25) is 0 Å². The Morgan fingerprint density at radius 1 is 1.53 bits per heavy atom. The van der Waals surface area contributed by atoms with Gasteiger partial charge in [-0.05, 0) is 19.8 Å². The molecular formula is C10H13N3O3S. The maximum atomic E-state index is 12.1. The molecule has 0 bridgehead atoms. The number of carboxylic acids is 1. The molecule has 1 aliphatic rings. The van der Waals surface area contributed by atoms with Crippen LogP contribution in [0.5, 0.6) is 0 Å². The van der Waals surface area contributed by atoms with Crippen molar-refractivity contribution in [3.05, 3.63) is 11.9 Å². The van der Waals surface area contributed by atoms with Crippen molar-refractivity contribution in [3.63, 3.8) is 0 Å². The lowest BCUT2D eigenvalue weighted by Crippen LogP contribution is -2.47. The topological polar surface area (TPSA) is 83.4 Å². The predicted molar refractivity (Wildman–Crippen MR) is 60.8 cm³/mol. The third-order valence-corrected chi connectivity index (χ3v) is 3.55. The monoisotopic (exact) mass is 255 g/mol. The van der Waals surface area contributed by atoms with Gasteiger partial charge in [-0.15, -0.1) is 0 Å². The summed E-state index contributed by atoms with van der Waals surface area (Å²) in [4.78, 5) is 24.6. The highest BCUT2D eigenvalue weighted by molar-refractivity contribution is 6.99. The molecule has 0 aromatic carbocycles. The number of aromatic nitrogens is 2. The van der Waals surface area contributed by atoms with Crippen LogP contribution in [0.1, 0.15) is 30.3 Å². The molecule has 0 aliphatic carbocycles. The lowest BCUT2D eigenvalue weighted by atomic mass is 9.93. The van der Waals surface area contributed by atoms with Gasteiger partial charge in [-0.1, -0.05) is 0 Å². The number of carboxylic acid groups (broad SMARTS) is 1. The zero-order valence-electron chi connectivity index (χ0n) is 9.37. The Kier molecular flexibility index (Phi) is 3.37. The van der Waals surface area contributed by atoms with Crippen molar-refractivity contribution in [2.45, 2.75) is 25.8 Å². The van der Waals surface area contributed by atoms with E-state index in [1.807, 2.05) is 6.92 Å². The summed E-state index contributed by atoms with van der Waals surface area (Å²) < 4.78 is 7.67. The molecule has 1 saturated heterocycles. The zero-order valence-corrected chi connectivity index (χ0v) is 10.2. The fourth-order valence-corrected chi connectivity index (χ4v) is 2.40. The number of hydrogen-bond acceptors (Lipinski definition) is 5. The van der Waals surface area contributed by atoms with Crippen LogP contribution in [0.3, 0.4) is 0 Å². The summed E-state index contributed by atoms with van der Waals surface area (Å²) in [6.07, 6.45) is 2.75. The molecule has 2 unspecified atom stereocenters. The fraction of sp³-hybridized carbons (Fsp3) is 0.600. The van der Waals surface area contributed by atoms with E-state index in [2.05, 4.69) is 8.75 Å². The molecule has 1 N–H and O–H groups in total. The molecule has 1 aliphatic heterocycles. The molecule has 0 radical (unpaired) electrons. The van der Waals surface area contributed by atoms with Gasteiger partial charge < -0.3 is 10.0 Å². The molecule has 6 nitrogen and oxygen atoms in total. The molecule has 92 valence electrons. The Hall–Kier alpha value is -1.50. The van der Waals surface area contributed by atoms with E-state index in [1.54, 1.807) is 4.90 Å². The second-order valence-corrected chi connectivity index (χ2v) is 4.77. The first-order valence-corrected chi connectivity index (χ1v) is 6.14. The summed E-state index contributed by atoms with van der Waals surface area (Å²) in [7, 11) is 0. The SMILES string of the molecule is CC1CCC(C(=O)O)CN1C(=O)c1cnsn1. The second kappa shape index (κ2) is 4.79. The Bertz CT molecular complexity index is 420. The lowest BCUT2D eigenvalue weighted by Gasteiger charge is -2.35. The lowest BCUT2D eigenvalue weighted by molar-refractivity contribution is -0.143. The number of aliphatic carboxylic acids is 1. The van der Waals surface area contributed by atoms with Crippen molar-refractivity contribution in [2.24, 2.45) is 5.92 Å². The first-order valence-electron chi connectivity index (χ1n) is 5.41. The minimum atomic E-state index is -0.842. The summed E-state index contributed by atoms with van der Waals surface area (Å²) in [5.41, 5.74) is 0.299. The van der Waals surface area contributed by atoms with Crippen LogP contribution in [0.4, 0.5) is 0 Å². The van der Waals surface area contributed by atoms with E-state index in [4.69, 9.17) is 5.11 Å². The van der Waals surface area contributed by atoms with Crippen LogP contribution < -0.4 is 0 Å². The summed E-state index contributed by atoms with van der Waals surface area (Å²) in [5.74, 6) is -1.54. The van der Waals surface area contributed by atoms with E-state index >= 15 is 0 Å². The van der Waals surface area contributed by atoms with Gasteiger partial charge in [0.1, 0.15) is 0 Å². The Balaban J connectivity index is 2.13. The summed E-state index contributed by atoms with van der Waals surface area (Å²) in [6, 6.07) is 0.0554. The van der Waals surface area contributed by atoms with Crippen molar-refractivity contribution >= 4 is 23.6 Å². The van der Waals surface area contributed by atoms with Crippen LogP contribution in [-0.4, -0.2) is 43.2 Å². The van der Waals surface area contributed by atoms with E-state index in [0.717, 1.165) is 11.7 Å². The van der Waals surface area contributed by atoms with Gasteiger partial charge in [0.05, 0.1) is 23.8 Å².